The summed E-state index contributed by atoms with van der Waals surface area (Å²) in [5.74, 6) is -1.67. The van der Waals surface area contributed by atoms with Crippen molar-refractivity contribution in [2.24, 2.45) is 5.16 Å². The van der Waals surface area contributed by atoms with E-state index in [1.54, 1.807) is 5.38 Å². The molecule has 3 N–H and O–H groups in total. The molecule has 2 aromatic heterocycles. The van der Waals surface area contributed by atoms with Crippen LogP contribution in [0.4, 0.5) is 5.13 Å². The Morgan fingerprint density at radius 1 is 1.38 bits per heavy atom. The number of aliphatic carboxylic acids is 1. The summed E-state index contributed by atoms with van der Waals surface area (Å²) in [6, 6.07) is 3.15. The first-order valence-corrected chi connectivity index (χ1v) is 13.5. The van der Waals surface area contributed by atoms with Gasteiger partial charge >= 0.3 is 0 Å². The number of nitrogen functional groups attached to an aromatic ring is 1. The van der Waals surface area contributed by atoms with E-state index in [9.17, 15) is 19.5 Å². The van der Waals surface area contributed by atoms with Crippen LogP contribution in [0.5, 0.6) is 0 Å². The zero-order valence-electron chi connectivity index (χ0n) is 19.7. The number of nitrogens with two attached hydrogens (primary N) is 1. The number of nitrogens with one attached hydrogen (secondary N) is 1. The number of β-lactam (4-membered cyclic amide) rings is 1. The maximum Gasteiger partial charge on any atom is 0.276 e. The van der Waals surface area contributed by atoms with Crippen LogP contribution in [0.3, 0.4) is 0 Å². The van der Waals surface area contributed by atoms with Crippen LogP contribution in [0.1, 0.15) is 30.0 Å². The number of hydrogen-bond donors (Lipinski definition) is 2. The first-order valence-electron chi connectivity index (χ1n) is 11.6. The van der Waals surface area contributed by atoms with Crippen molar-refractivity contribution >= 4 is 51.7 Å². The quantitative estimate of drug-likeness (QED) is 0.106. The summed E-state index contributed by atoms with van der Waals surface area (Å²) in [6.07, 6.45) is 7.71. The molecule has 2 fully saturated rings. The number of nitrogens with zero attached hydrogens (tertiary/aromatic N) is 4. The second-order valence-electron chi connectivity index (χ2n) is 8.77. The number of rotatable bonds is 10. The van der Waals surface area contributed by atoms with Crippen molar-refractivity contribution in [3.63, 3.8) is 0 Å². The maximum absolute atomic E-state index is 13.0. The minimum Gasteiger partial charge on any atom is -0.543 e. The van der Waals surface area contributed by atoms with E-state index in [0.29, 0.717) is 23.8 Å². The number of hydrogen-bond acceptors (Lipinski definition) is 10. The van der Waals surface area contributed by atoms with Crippen LogP contribution >= 0.6 is 23.1 Å². The molecule has 0 bridgehead atoms. The molecular weight excluding hydrogens is 516 g/mol. The van der Waals surface area contributed by atoms with Gasteiger partial charge in [0.2, 0.25) is 0 Å². The number of fused-ring (bicyclic) bond motifs is 1. The summed E-state index contributed by atoms with van der Waals surface area (Å²) in [7, 11) is 0. The van der Waals surface area contributed by atoms with Gasteiger partial charge in [0.1, 0.15) is 23.7 Å². The molecule has 1 aliphatic carbocycles. The van der Waals surface area contributed by atoms with E-state index in [1.165, 1.54) is 41.1 Å². The Hall–Kier alpha value is -3.71. The average Bonchev–Trinajstić information content (AvgIpc) is 3.65. The van der Waals surface area contributed by atoms with E-state index in [-0.39, 0.29) is 28.8 Å². The fraction of sp³-hybridized carbons (Fsp3) is 0.333. The number of amides is 2. The highest BCUT2D eigenvalue weighted by Crippen LogP contribution is 2.41. The molecule has 4 heterocycles. The molecule has 2 atom stereocenters. The molecule has 192 valence electrons. The Balaban J connectivity index is 1.31. The van der Waals surface area contributed by atoms with Gasteiger partial charge in [-0.05, 0) is 24.3 Å². The lowest BCUT2D eigenvalue weighted by atomic mass is 10.0. The lowest BCUT2D eigenvalue weighted by Crippen LogP contribution is -2.71. The van der Waals surface area contributed by atoms with Crippen molar-refractivity contribution in [2.75, 3.05) is 18.1 Å². The third-order valence-corrected chi connectivity index (χ3v) is 8.21. The molecule has 2 aromatic rings. The molecule has 11 nitrogen and oxygen atoms in total. The second kappa shape index (κ2) is 10.3. The molecule has 2 amide bonds. The third kappa shape index (κ3) is 5.09. The molecule has 1 unspecified atom stereocenters. The van der Waals surface area contributed by atoms with E-state index in [1.807, 2.05) is 29.1 Å². The van der Waals surface area contributed by atoms with Gasteiger partial charge < -0.3 is 25.8 Å². The van der Waals surface area contributed by atoms with Gasteiger partial charge in [0.15, 0.2) is 29.8 Å². The fourth-order valence-electron chi connectivity index (χ4n) is 4.24. The Morgan fingerprint density at radius 3 is 2.76 bits per heavy atom. The second-order valence-corrected chi connectivity index (χ2v) is 10.8. The van der Waals surface area contributed by atoms with Crippen LogP contribution in [-0.2, 0) is 25.8 Å². The van der Waals surface area contributed by atoms with Crippen molar-refractivity contribution in [3.05, 3.63) is 65.1 Å². The monoisotopic (exact) mass is 540 g/mol. The topological polar surface area (TPSA) is 154 Å². The molecule has 3 aliphatic rings. The SMILES string of the molecule is C=CCO/N=C(/C(=O)NC1C(=O)N2C(C(=O)[O-])=C(C[n+]3ccc(C4CC4)cc3)CS[C@H]12)c1csc(N)n1. The first-order chi connectivity index (χ1) is 17.9. The van der Waals surface area contributed by atoms with Gasteiger partial charge in [-0.25, -0.2) is 9.55 Å². The summed E-state index contributed by atoms with van der Waals surface area (Å²) in [4.78, 5) is 48.5. The van der Waals surface area contributed by atoms with Gasteiger partial charge in [-0.2, -0.15) is 0 Å². The molecule has 1 saturated carbocycles. The number of carboxylic acid groups (broad SMARTS) is 1. The lowest BCUT2D eigenvalue weighted by molar-refractivity contribution is -0.689. The summed E-state index contributed by atoms with van der Waals surface area (Å²) >= 11 is 2.50. The zero-order valence-corrected chi connectivity index (χ0v) is 21.3. The summed E-state index contributed by atoms with van der Waals surface area (Å²) in [5, 5.41) is 19.8. The lowest BCUT2D eigenvalue weighted by Gasteiger charge is -2.50. The van der Waals surface area contributed by atoms with Crippen LogP contribution < -0.4 is 20.7 Å². The highest BCUT2D eigenvalue weighted by Gasteiger charge is 2.53. The van der Waals surface area contributed by atoms with Crippen molar-refractivity contribution in [1.82, 2.24) is 15.2 Å². The first kappa shape index (κ1) is 25.0. The molecule has 5 rings (SSSR count). The normalized spacial score (nSPS) is 21.2. The molecule has 37 heavy (non-hydrogen) atoms. The number of thiazole rings is 1. The number of aromatic nitrogens is 2. The predicted molar refractivity (Wildman–Crippen MR) is 135 cm³/mol. The van der Waals surface area contributed by atoms with Crippen LogP contribution in [0.2, 0.25) is 0 Å². The van der Waals surface area contributed by atoms with Crippen molar-refractivity contribution < 1.29 is 28.9 Å². The zero-order chi connectivity index (χ0) is 26.1. The van der Waals surface area contributed by atoms with E-state index >= 15 is 0 Å². The average molecular weight is 541 g/mol. The third-order valence-electron chi connectivity index (χ3n) is 6.19. The number of carbonyl (C=O) groups is 3. The number of carbonyl (C=O) groups excluding carboxylic acids is 3. The van der Waals surface area contributed by atoms with Gasteiger partial charge in [-0.1, -0.05) is 17.8 Å². The van der Waals surface area contributed by atoms with E-state index in [2.05, 4.69) is 22.0 Å². The van der Waals surface area contributed by atoms with Crippen LogP contribution in [0.15, 0.2) is 59.0 Å². The van der Waals surface area contributed by atoms with Gasteiger partial charge in [0, 0.05) is 28.8 Å². The van der Waals surface area contributed by atoms with Crippen molar-refractivity contribution in [1.29, 1.82) is 0 Å². The van der Waals surface area contributed by atoms with Crippen LogP contribution in [0.25, 0.3) is 0 Å². The number of pyridine rings is 1. The Morgan fingerprint density at radius 2 is 2.14 bits per heavy atom. The molecule has 0 spiro atoms. The molecule has 1 saturated heterocycles. The summed E-state index contributed by atoms with van der Waals surface area (Å²) in [6.45, 7) is 3.91. The molecule has 2 aliphatic heterocycles. The summed E-state index contributed by atoms with van der Waals surface area (Å²) < 4.78 is 1.89. The Labute approximate surface area is 220 Å². The highest BCUT2D eigenvalue weighted by molar-refractivity contribution is 8.00. The van der Waals surface area contributed by atoms with Crippen LogP contribution in [-0.4, -0.2) is 57.2 Å². The van der Waals surface area contributed by atoms with E-state index in [4.69, 9.17) is 10.6 Å². The molecular formula is C24H24N6O5S2. The summed E-state index contributed by atoms with van der Waals surface area (Å²) in [5.41, 5.74) is 7.44. The number of carboxylic acids is 1. The molecule has 13 heteroatoms. The van der Waals surface area contributed by atoms with Gasteiger partial charge in [-0.3, -0.25) is 14.5 Å². The Kier molecular flexibility index (Phi) is 6.98. The van der Waals surface area contributed by atoms with Crippen molar-refractivity contribution in [2.45, 2.75) is 36.7 Å². The molecule has 0 aromatic carbocycles. The van der Waals surface area contributed by atoms with Crippen LogP contribution in [0, 0.1) is 0 Å². The standard InChI is InChI=1S/C24H24N6O5S2/c1-2-9-35-28-17(16-12-37-24(25)26-16)20(31)27-18-21(32)30-19(23(33)34)15(11-36-22(18)30)10-29-7-5-14(6-8-29)13-3-4-13/h2,5-8,12-13,18,22H,1,3-4,9-11H2,(H3-,25,26,27,31,33,34)/b28-17+/t18?,22-/m1/s1. The minimum absolute atomic E-state index is 0.0644. The van der Waals surface area contributed by atoms with E-state index < -0.39 is 29.2 Å². The number of anilines is 1. The Bertz CT molecular complexity index is 1320. The van der Waals surface area contributed by atoms with Gasteiger partial charge in [0.25, 0.3) is 11.8 Å². The van der Waals surface area contributed by atoms with E-state index in [0.717, 1.165) is 11.3 Å². The van der Waals surface area contributed by atoms with Gasteiger partial charge in [-0.15, -0.1) is 23.1 Å². The highest BCUT2D eigenvalue weighted by atomic mass is 32.2. The smallest absolute Gasteiger partial charge is 0.276 e. The van der Waals surface area contributed by atoms with Gasteiger partial charge in [0.05, 0.1) is 11.7 Å². The molecule has 0 radical (unpaired) electrons. The number of thioether (sulfide) groups is 1. The van der Waals surface area contributed by atoms with Crippen molar-refractivity contribution in [3.8, 4) is 0 Å². The maximum atomic E-state index is 13.0. The fourth-order valence-corrected chi connectivity index (χ4v) is 6.12. The largest absolute Gasteiger partial charge is 0.543 e. The number of oxime groups is 1. The predicted octanol–water partition coefficient (Wildman–Crippen LogP) is -0.0990. The minimum atomic E-state index is -1.42.